The van der Waals surface area contributed by atoms with E-state index < -0.39 is 0 Å². The smallest absolute Gasteiger partial charge is 0.251 e. The number of fused-ring (bicyclic) bond motifs is 1. The lowest BCUT2D eigenvalue weighted by molar-refractivity contribution is 0.0955. The van der Waals surface area contributed by atoms with E-state index in [-0.39, 0.29) is 5.91 Å². The van der Waals surface area contributed by atoms with Crippen molar-refractivity contribution >= 4 is 16.8 Å². The van der Waals surface area contributed by atoms with E-state index in [2.05, 4.69) is 20.4 Å². The molecule has 1 amide bonds. The molecule has 2 N–H and O–H groups in total. The number of aromatic nitrogens is 3. The number of nitrogens with zero attached hydrogens (tertiary/aromatic N) is 2. The van der Waals surface area contributed by atoms with E-state index in [4.69, 9.17) is 4.52 Å². The Morgan fingerprint density at radius 3 is 3.16 bits per heavy atom. The highest BCUT2D eigenvalue weighted by Crippen LogP contribution is 2.16. The summed E-state index contributed by atoms with van der Waals surface area (Å²) in [6.45, 7) is 0.460. The van der Waals surface area contributed by atoms with Crippen LogP contribution in [0.3, 0.4) is 0 Å². The molecule has 19 heavy (non-hydrogen) atoms. The number of hydrogen-bond acceptors (Lipinski definition) is 4. The molecule has 1 aromatic carbocycles. The van der Waals surface area contributed by atoms with Crippen molar-refractivity contribution in [2.24, 2.45) is 0 Å². The summed E-state index contributed by atoms with van der Waals surface area (Å²) in [5.41, 5.74) is 1.61. The Bertz CT molecular complexity index is 688. The number of amides is 1. The second-order valence-corrected chi connectivity index (χ2v) is 4.09. The molecule has 3 aromatic rings. The third-order valence-electron chi connectivity index (χ3n) is 2.87. The van der Waals surface area contributed by atoms with E-state index in [1.807, 2.05) is 24.4 Å². The molecular weight excluding hydrogens is 244 g/mol. The summed E-state index contributed by atoms with van der Waals surface area (Å²) in [6, 6.07) is 7.48. The Labute approximate surface area is 108 Å². The molecular formula is C13H12N4O2. The van der Waals surface area contributed by atoms with Gasteiger partial charge in [-0.25, -0.2) is 0 Å². The molecule has 2 aromatic heterocycles. The molecule has 0 aliphatic carbocycles. The summed E-state index contributed by atoms with van der Waals surface area (Å²) in [5, 5.41) is 7.26. The van der Waals surface area contributed by atoms with Crippen molar-refractivity contribution in [2.45, 2.75) is 6.42 Å². The Kier molecular flexibility index (Phi) is 2.97. The first-order valence-corrected chi connectivity index (χ1v) is 5.94. The number of H-pyrrole nitrogens is 1. The molecule has 0 spiro atoms. The molecule has 96 valence electrons. The Hall–Kier alpha value is -2.63. The van der Waals surface area contributed by atoms with Crippen LogP contribution in [-0.2, 0) is 6.42 Å². The van der Waals surface area contributed by atoms with E-state index in [0.717, 1.165) is 10.9 Å². The van der Waals surface area contributed by atoms with Crippen LogP contribution in [-0.4, -0.2) is 27.6 Å². The van der Waals surface area contributed by atoms with Crippen LogP contribution in [0.4, 0.5) is 0 Å². The van der Waals surface area contributed by atoms with Crippen molar-refractivity contribution in [2.75, 3.05) is 6.54 Å². The fourth-order valence-corrected chi connectivity index (χ4v) is 1.97. The van der Waals surface area contributed by atoms with Crippen LogP contribution in [0.1, 0.15) is 16.2 Å². The number of carbonyl (C=O) groups excluding carboxylic acids is 1. The second kappa shape index (κ2) is 4.93. The van der Waals surface area contributed by atoms with Gasteiger partial charge in [-0.2, -0.15) is 4.98 Å². The molecule has 3 rings (SSSR count). The Morgan fingerprint density at radius 2 is 2.32 bits per heavy atom. The average molecular weight is 256 g/mol. The number of benzene rings is 1. The van der Waals surface area contributed by atoms with Crippen molar-refractivity contribution in [1.29, 1.82) is 0 Å². The highest BCUT2D eigenvalue weighted by molar-refractivity contribution is 6.06. The lowest BCUT2D eigenvalue weighted by Gasteiger charge is -2.04. The molecule has 0 aliphatic heterocycles. The zero-order valence-corrected chi connectivity index (χ0v) is 10.1. The van der Waals surface area contributed by atoms with E-state index >= 15 is 0 Å². The SMILES string of the molecule is O=C(NCCc1ncno1)c1cccc2[nH]ccc12. The van der Waals surface area contributed by atoms with Crippen LogP contribution < -0.4 is 5.32 Å². The summed E-state index contributed by atoms with van der Waals surface area (Å²) in [4.78, 5) is 19.1. The number of hydrogen-bond donors (Lipinski definition) is 2. The standard InChI is InChI=1S/C13H12N4O2/c18-13(15-7-5-12-16-8-17-19-12)10-2-1-3-11-9(10)4-6-14-11/h1-4,6,8,14H,5,7H2,(H,15,18). The molecule has 0 unspecified atom stereocenters. The average Bonchev–Trinajstić information content (AvgIpc) is 3.08. The van der Waals surface area contributed by atoms with Gasteiger partial charge in [-0.1, -0.05) is 11.2 Å². The maximum atomic E-state index is 12.1. The van der Waals surface area contributed by atoms with Crippen molar-refractivity contribution in [3.8, 4) is 0 Å². The minimum Gasteiger partial charge on any atom is -0.361 e. The number of rotatable bonds is 4. The topological polar surface area (TPSA) is 83.8 Å². The van der Waals surface area contributed by atoms with E-state index in [9.17, 15) is 4.79 Å². The van der Waals surface area contributed by atoms with Gasteiger partial charge in [0.2, 0.25) is 5.89 Å². The van der Waals surface area contributed by atoms with Gasteiger partial charge in [-0.3, -0.25) is 4.79 Å². The third-order valence-corrected chi connectivity index (χ3v) is 2.87. The van der Waals surface area contributed by atoms with Gasteiger partial charge in [-0.15, -0.1) is 0 Å². The molecule has 0 bridgehead atoms. The van der Waals surface area contributed by atoms with E-state index in [1.54, 1.807) is 6.07 Å². The van der Waals surface area contributed by atoms with Crippen molar-refractivity contribution in [3.05, 3.63) is 48.2 Å². The predicted molar refractivity (Wildman–Crippen MR) is 68.6 cm³/mol. The number of carbonyl (C=O) groups is 1. The Balaban J connectivity index is 1.68. The second-order valence-electron chi connectivity index (χ2n) is 4.09. The zero-order chi connectivity index (χ0) is 13.1. The molecule has 2 heterocycles. The molecule has 0 fully saturated rings. The van der Waals surface area contributed by atoms with Crippen LogP contribution in [0, 0.1) is 0 Å². The van der Waals surface area contributed by atoms with Gasteiger partial charge in [0.25, 0.3) is 5.91 Å². The van der Waals surface area contributed by atoms with Gasteiger partial charge in [0, 0.05) is 35.6 Å². The summed E-state index contributed by atoms with van der Waals surface area (Å²) >= 11 is 0. The molecule has 6 heteroatoms. The highest BCUT2D eigenvalue weighted by Gasteiger charge is 2.10. The monoisotopic (exact) mass is 256 g/mol. The third kappa shape index (κ3) is 2.33. The number of nitrogens with one attached hydrogen (secondary N) is 2. The predicted octanol–water partition coefficient (Wildman–Crippen LogP) is 1.52. The highest BCUT2D eigenvalue weighted by atomic mass is 16.5. The summed E-state index contributed by atoms with van der Waals surface area (Å²) < 4.78 is 4.86. The van der Waals surface area contributed by atoms with Crippen LogP contribution >= 0.6 is 0 Å². The van der Waals surface area contributed by atoms with Gasteiger partial charge in [0.05, 0.1) is 0 Å². The van der Waals surface area contributed by atoms with Gasteiger partial charge in [0.15, 0.2) is 6.33 Å². The van der Waals surface area contributed by atoms with Crippen LogP contribution in [0.15, 0.2) is 41.3 Å². The molecule has 0 radical (unpaired) electrons. The normalized spacial score (nSPS) is 10.7. The fraction of sp³-hybridized carbons (Fsp3) is 0.154. The largest absolute Gasteiger partial charge is 0.361 e. The maximum absolute atomic E-state index is 12.1. The van der Waals surface area contributed by atoms with Crippen LogP contribution in [0.2, 0.25) is 0 Å². The van der Waals surface area contributed by atoms with E-state index in [0.29, 0.717) is 24.4 Å². The van der Waals surface area contributed by atoms with Gasteiger partial charge < -0.3 is 14.8 Å². The van der Waals surface area contributed by atoms with Gasteiger partial charge in [-0.05, 0) is 18.2 Å². The van der Waals surface area contributed by atoms with Gasteiger partial charge in [0.1, 0.15) is 0 Å². The fourth-order valence-electron chi connectivity index (χ4n) is 1.97. The first kappa shape index (κ1) is 11.5. The quantitative estimate of drug-likeness (QED) is 0.741. The lowest BCUT2D eigenvalue weighted by atomic mass is 10.1. The lowest BCUT2D eigenvalue weighted by Crippen LogP contribution is -2.25. The minimum absolute atomic E-state index is 0.107. The van der Waals surface area contributed by atoms with Crippen LogP contribution in [0.25, 0.3) is 10.9 Å². The molecule has 0 saturated heterocycles. The molecule has 6 nitrogen and oxygen atoms in total. The molecule has 0 atom stereocenters. The first-order chi connectivity index (χ1) is 9.34. The molecule has 0 aliphatic rings. The molecule has 0 saturated carbocycles. The first-order valence-electron chi connectivity index (χ1n) is 5.94. The van der Waals surface area contributed by atoms with Crippen LogP contribution in [0.5, 0.6) is 0 Å². The maximum Gasteiger partial charge on any atom is 0.251 e. The van der Waals surface area contributed by atoms with Crippen molar-refractivity contribution in [3.63, 3.8) is 0 Å². The summed E-state index contributed by atoms with van der Waals surface area (Å²) in [5.74, 6) is 0.407. The van der Waals surface area contributed by atoms with Gasteiger partial charge >= 0.3 is 0 Å². The Morgan fingerprint density at radius 1 is 1.37 bits per heavy atom. The number of aromatic amines is 1. The van der Waals surface area contributed by atoms with Crippen molar-refractivity contribution in [1.82, 2.24) is 20.4 Å². The summed E-state index contributed by atoms with van der Waals surface area (Å²) in [7, 11) is 0. The summed E-state index contributed by atoms with van der Waals surface area (Å²) in [6.07, 6.45) is 3.69. The van der Waals surface area contributed by atoms with E-state index in [1.165, 1.54) is 6.33 Å². The zero-order valence-electron chi connectivity index (χ0n) is 10.1. The minimum atomic E-state index is -0.107. The van der Waals surface area contributed by atoms with Crippen molar-refractivity contribution < 1.29 is 9.32 Å².